The van der Waals surface area contributed by atoms with Crippen LogP contribution in [-0.2, 0) is 29.1 Å². The van der Waals surface area contributed by atoms with Crippen molar-refractivity contribution in [2.75, 3.05) is 12.9 Å². The maximum absolute atomic E-state index is 14.1. The monoisotopic (exact) mass is 412 g/mol. The standard InChI is InChI=1S/C21H17FN2O4S/c1-28-9-14-12(17(26)8-25)6-16-20-13(7-24(16)21(14)27)11-2-3-29-18-5-10(22)4-15(23-20)19(11)18/h4-6,8,17,26H,2-3,7,9H2,1H3. The van der Waals surface area contributed by atoms with Crippen molar-refractivity contribution in [3.05, 3.63) is 56.6 Å². The zero-order valence-electron chi connectivity index (χ0n) is 15.6. The number of aldehydes is 1. The molecule has 0 bridgehead atoms. The van der Waals surface area contributed by atoms with Gasteiger partial charge in [0.25, 0.3) is 5.56 Å². The summed E-state index contributed by atoms with van der Waals surface area (Å²) < 4.78 is 20.8. The third-order valence-corrected chi connectivity index (χ3v) is 6.61. The van der Waals surface area contributed by atoms with Crippen LogP contribution >= 0.6 is 11.8 Å². The van der Waals surface area contributed by atoms with Crippen LogP contribution in [0.5, 0.6) is 0 Å². The molecular weight excluding hydrogens is 395 g/mol. The third-order valence-electron chi connectivity index (χ3n) is 5.57. The van der Waals surface area contributed by atoms with Crippen molar-refractivity contribution < 1.29 is 19.0 Å². The highest BCUT2D eigenvalue weighted by atomic mass is 32.2. The molecule has 4 heterocycles. The highest BCUT2D eigenvalue weighted by Gasteiger charge is 2.31. The lowest BCUT2D eigenvalue weighted by Gasteiger charge is -2.19. The molecule has 1 atom stereocenters. The van der Waals surface area contributed by atoms with Gasteiger partial charge < -0.3 is 19.2 Å². The Bertz CT molecular complexity index is 1250. The van der Waals surface area contributed by atoms with E-state index < -0.39 is 6.10 Å². The van der Waals surface area contributed by atoms with Gasteiger partial charge in [0.05, 0.1) is 30.1 Å². The smallest absolute Gasteiger partial charge is 0.257 e. The number of benzene rings is 1. The minimum absolute atomic E-state index is 0.00997. The first kappa shape index (κ1) is 18.5. The molecule has 0 fully saturated rings. The molecule has 0 saturated carbocycles. The fourth-order valence-electron chi connectivity index (χ4n) is 4.32. The summed E-state index contributed by atoms with van der Waals surface area (Å²) in [6, 6.07) is 4.58. The molecule has 8 heteroatoms. The Hall–Kier alpha value is -2.55. The van der Waals surface area contributed by atoms with Crippen molar-refractivity contribution in [1.29, 1.82) is 0 Å². The lowest BCUT2D eigenvalue weighted by atomic mass is 9.97. The minimum atomic E-state index is -1.43. The van der Waals surface area contributed by atoms with Crippen LogP contribution in [-0.4, -0.2) is 33.8 Å². The second-order valence-corrected chi connectivity index (χ2v) is 8.32. The number of methoxy groups -OCH3 is 1. The van der Waals surface area contributed by atoms with Crippen LogP contribution in [0.4, 0.5) is 4.39 Å². The molecular formula is C21H17FN2O4S. The van der Waals surface area contributed by atoms with Gasteiger partial charge in [-0.25, -0.2) is 9.37 Å². The summed E-state index contributed by atoms with van der Waals surface area (Å²) in [6.07, 6.45) is -0.235. The number of nitrogens with zero attached hydrogens (tertiary/aromatic N) is 2. The third kappa shape index (κ3) is 2.67. The molecule has 0 spiro atoms. The van der Waals surface area contributed by atoms with Crippen molar-refractivity contribution in [3.63, 3.8) is 0 Å². The van der Waals surface area contributed by atoms with E-state index in [2.05, 4.69) is 0 Å². The molecule has 5 rings (SSSR count). The van der Waals surface area contributed by atoms with E-state index in [1.54, 1.807) is 22.4 Å². The number of rotatable bonds is 4. The van der Waals surface area contributed by atoms with Gasteiger partial charge in [-0.1, -0.05) is 0 Å². The number of carbonyl (C=O) groups is 1. The zero-order chi connectivity index (χ0) is 20.3. The summed E-state index contributed by atoms with van der Waals surface area (Å²) in [5.41, 5.74) is 3.89. The summed E-state index contributed by atoms with van der Waals surface area (Å²) in [5, 5.41) is 11.1. The van der Waals surface area contributed by atoms with Crippen LogP contribution in [0.15, 0.2) is 27.9 Å². The van der Waals surface area contributed by atoms with Crippen molar-refractivity contribution in [2.45, 2.75) is 30.6 Å². The Morgan fingerprint density at radius 1 is 1.38 bits per heavy atom. The Labute approximate surface area is 169 Å². The average molecular weight is 412 g/mol. The van der Waals surface area contributed by atoms with Gasteiger partial charge in [0.15, 0.2) is 6.29 Å². The van der Waals surface area contributed by atoms with Gasteiger partial charge in [0, 0.05) is 45.9 Å². The van der Waals surface area contributed by atoms with Crippen molar-refractivity contribution in [1.82, 2.24) is 9.55 Å². The minimum Gasteiger partial charge on any atom is -0.381 e. The first-order chi connectivity index (χ1) is 14.0. The number of hydrogen-bond acceptors (Lipinski definition) is 6. The molecule has 2 aliphatic rings. The van der Waals surface area contributed by atoms with E-state index in [4.69, 9.17) is 9.72 Å². The lowest BCUT2D eigenvalue weighted by Crippen LogP contribution is -2.26. The van der Waals surface area contributed by atoms with Crippen LogP contribution in [0, 0.1) is 5.82 Å². The summed E-state index contributed by atoms with van der Waals surface area (Å²) in [5.74, 6) is 0.486. The highest BCUT2D eigenvalue weighted by molar-refractivity contribution is 7.99. The molecule has 1 aromatic carbocycles. The molecule has 0 amide bonds. The summed E-state index contributed by atoms with van der Waals surface area (Å²) in [6.45, 7) is 0.349. The van der Waals surface area contributed by atoms with Crippen LogP contribution in [0.2, 0.25) is 0 Å². The highest BCUT2D eigenvalue weighted by Crippen LogP contribution is 2.43. The van der Waals surface area contributed by atoms with Gasteiger partial charge >= 0.3 is 0 Å². The first-order valence-electron chi connectivity index (χ1n) is 9.20. The number of fused-ring (bicyclic) bond motifs is 4. The van der Waals surface area contributed by atoms with Crippen LogP contribution in [0.3, 0.4) is 0 Å². The van der Waals surface area contributed by atoms with Crippen molar-refractivity contribution >= 4 is 29.0 Å². The van der Waals surface area contributed by atoms with Crippen molar-refractivity contribution in [2.24, 2.45) is 0 Å². The van der Waals surface area contributed by atoms with Gasteiger partial charge in [-0.05, 0) is 24.1 Å². The van der Waals surface area contributed by atoms with E-state index in [0.29, 0.717) is 29.7 Å². The quantitative estimate of drug-likeness (QED) is 0.519. The van der Waals surface area contributed by atoms with Gasteiger partial charge in [-0.15, -0.1) is 11.8 Å². The van der Waals surface area contributed by atoms with Gasteiger partial charge in [0.2, 0.25) is 0 Å². The van der Waals surface area contributed by atoms with Gasteiger partial charge in [0.1, 0.15) is 11.9 Å². The summed E-state index contributed by atoms with van der Waals surface area (Å²) in [4.78, 5) is 29.9. The number of aliphatic hydroxyl groups is 1. The number of thioether (sulfide) groups is 1. The number of carbonyl (C=O) groups excluding carboxylic acids is 1. The molecule has 1 N–H and O–H groups in total. The normalized spacial score (nSPS) is 15.3. The van der Waals surface area contributed by atoms with E-state index in [1.807, 2.05) is 0 Å². The second-order valence-electron chi connectivity index (χ2n) is 7.18. The molecule has 0 radical (unpaired) electrons. The average Bonchev–Trinajstić information content (AvgIpc) is 3.08. The number of halogens is 1. The number of aryl methyl sites for hydroxylation is 1. The summed E-state index contributed by atoms with van der Waals surface area (Å²) in [7, 11) is 1.45. The van der Waals surface area contributed by atoms with E-state index in [1.165, 1.54) is 19.2 Å². The molecule has 3 aromatic rings. The first-order valence-corrected chi connectivity index (χ1v) is 10.2. The Balaban J connectivity index is 1.83. The Morgan fingerprint density at radius 2 is 2.21 bits per heavy atom. The maximum atomic E-state index is 14.1. The molecule has 0 saturated heterocycles. The topological polar surface area (TPSA) is 81.4 Å². The lowest BCUT2D eigenvalue weighted by molar-refractivity contribution is -0.115. The van der Waals surface area contributed by atoms with E-state index in [9.17, 15) is 19.1 Å². The second kappa shape index (κ2) is 6.76. The molecule has 148 valence electrons. The van der Waals surface area contributed by atoms with Gasteiger partial charge in [-0.2, -0.15) is 0 Å². The molecule has 29 heavy (non-hydrogen) atoms. The molecule has 6 nitrogen and oxygen atoms in total. The largest absolute Gasteiger partial charge is 0.381 e. The Kier molecular flexibility index (Phi) is 4.31. The van der Waals surface area contributed by atoms with Crippen LogP contribution in [0.1, 0.15) is 28.4 Å². The molecule has 2 aromatic heterocycles. The Morgan fingerprint density at radius 3 is 2.97 bits per heavy atom. The van der Waals surface area contributed by atoms with Gasteiger partial charge in [-0.3, -0.25) is 4.79 Å². The van der Waals surface area contributed by atoms with E-state index >= 15 is 0 Å². The zero-order valence-corrected chi connectivity index (χ0v) is 16.4. The number of aromatic nitrogens is 2. The molecule has 0 aliphatic carbocycles. The maximum Gasteiger partial charge on any atom is 0.257 e. The predicted molar refractivity (Wildman–Crippen MR) is 107 cm³/mol. The number of ether oxygens (including phenoxy) is 1. The van der Waals surface area contributed by atoms with E-state index in [0.717, 1.165) is 33.6 Å². The fraction of sp³-hybridized carbons (Fsp3) is 0.286. The number of aliphatic hydroxyl groups excluding tert-OH is 1. The van der Waals surface area contributed by atoms with Crippen molar-refractivity contribution in [3.8, 4) is 11.4 Å². The summed E-state index contributed by atoms with van der Waals surface area (Å²) >= 11 is 1.61. The SMILES string of the molecule is COCc1c(C(O)C=O)cc2n(c1=O)Cc1c-2nc2cc(F)cc3c2c1CCS3. The number of pyridine rings is 2. The molecule has 2 aliphatic heterocycles. The number of hydrogen-bond donors (Lipinski definition) is 1. The predicted octanol–water partition coefficient (Wildman–Crippen LogP) is 2.59. The van der Waals surface area contributed by atoms with Crippen LogP contribution < -0.4 is 5.56 Å². The van der Waals surface area contributed by atoms with Crippen LogP contribution in [0.25, 0.3) is 22.3 Å². The van der Waals surface area contributed by atoms with E-state index in [-0.39, 0.29) is 29.1 Å². The fourth-order valence-corrected chi connectivity index (χ4v) is 5.42. The molecule has 1 unspecified atom stereocenters.